The summed E-state index contributed by atoms with van der Waals surface area (Å²) >= 11 is 0. The third-order valence-corrected chi connectivity index (χ3v) is 0.875. The number of hydrogen-bond acceptors (Lipinski definition) is 3. The Hall–Kier alpha value is -0.750. The Kier molecular flexibility index (Phi) is 4.00. The molecule has 3 nitrogen and oxygen atoms in total. The molecule has 0 atom stereocenters. The van der Waals surface area contributed by atoms with Crippen molar-refractivity contribution in [2.24, 2.45) is 0 Å². The zero-order valence-electron chi connectivity index (χ0n) is 5.22. The second-order valence-electron chi connectivity index (χ2n) is 1.30. The SMILES string of the molecule is CCN(CC)OC#N. The van der Waals surface area contributed by atoms with E-state index in [-0.39, 0.29) is 0 Å². The van der Waals surface area contributed by atoms with Crippen LogP contribution in [-0.4, -0.2) is 18.2 Å². The average Bonchev–Trinajstić information content (AvgIpc) is 1.83. The van der Waals surface area contributed by atoms with Gasteiger partial charge in [0.25, 0.3) is 0 Å². The summed E-state index contributed by atoms with van der Waals surface area (Å²) in [7, 11) is 0. The van der Waals surface area contributed by atoms with E-state index in [1.165, 1.54) is 0 Å². The van der Waals surface area contributed by atoms with Gasteiger partial charge in [0, 0.05) is 13.1 Å². The van der Waals surface area contributed by atoms with E-state index in [4.69, 9.17) is 5.26 Å². The summed E-state index contributed by atoms with van der Waals surface area (Å²) in [5, 5.41) is 9.55. The van der Waals surface area contributed by atoms with Gasteiger partial charge in [-0.25, -0.2) is 0 Å². The van der Waals surface area contributed by atoms with Crippen LogP contribution in [0.2, 0.25) is 0 Å². The molecule has 0 aliphatic rings. The van der Waals surface area contributed by atoms with Crippen LogP contribution in [0.25, 0.3) is 0 Å². The number of hydroxylamine groups is 2. The first-order valence-electron chi connectivity index (χ1n) is 2.66. The number of nitrogens with zero attached hydrogens (tertiary/aromatic N) is 2. The van der Waals surface area contributed by atoms with E-state index in [1.54, 1.807) is 11.3 Å². The molecule has 0 aromatic heterocycles. The lowest BCUT2D eigenvalue weighted by molar-refractivity contribution is -0.0825. The van der Waals surface area contributed by atoms with Crippen LogP contribution < -0.4 is 0 Å². The maximum absolute atomic E-state index is 7.98. The topological polar surface area (TPSA) is 36.3 Å². The van der Waals surface area contributed by atoms with Crippen molar-refractivity contribution >= 4 is 0 Å². The zero-order valence-corrected chi connectivity index (χ0v) is 5.22. The van der Waals surface area contributed by atoms with Crippen molar-refractivity contribution in [3.05, 3.63) is 0 Å². The predicted molar refractivity (Wildman–Crippen MR) is 29.6 cm³/mol. The summed E-state index contributed by atoms with van der Waals surface area (Å²) in [6, 6.07) is 0. The van der Waals surface area contributed by atoms with Gasteiger partial charge in [0.05, 0.1) is 0 Å². The van der Waals surface area contributed by atoms with E-state index in [9.17, 15) is 0 Å². The highest BCUT2D eigenvalue weighted by Gasteiger charge is 1.94. The molecule has 0 saturated carbocycles. The largest absolute Gasteiger partial charge is 0.327 e. The van der Waals surface area contributed by atoms with Crippen molar-refractivity contribution in [2.75, 3.05) is 13.1 Å². The van der Waals surface area contributed by atoms with Crippen molar-refractivity contribution in [1.29, 1.82) is 5.26 Å². The van der Waals surface area contributed by atoms with Crippen molar-refractivity contribution in [2.45, 2.75) is 13.8 Å². The van der Waals surface area contributed by atoms with Gasteiger partial charge < -0.3 is 4.84 Å². The summed E-state index contributed by atoms with van der Waals surface area (Å²) in [6.45, 7) is 5.37. The van der Waals surface area contributed by atoms with Crippen LogP contribution in [0.15, 0.2) is 0 Å². The first-order valence-corrected chi connectivity index (χ1v) is 2.66. The highest BCUT2D eigenvalue weighted by Crippen LogP contribution is 1.84. The van der Waals surface area contributed by atoms with Crippen LogP contribution in [0.1, 0.15) is 13.8 Å². The van der Waals surface area contributed by atoms with Crippen molar-refractivity contribution in [1.82, 2.24) is 5.06 Å². The van der Waals surface area contributed by atoms with E-state index < -0.39 is 0 Å². The van der Waals surface area contributed by atoms with Gasteiger partial charge in [-0.1, -0.05) is 0 Å². The molecule has 8 heavy (non-hydrogen) atoms. The fourth-order valence-electron chi connectivity index (χ4n) is 0.410. The predicted octanol–water partition coefficient (Wildman–Crippen LogP) is 0.741. The molecule has 0 bridgehead atoms. The minimum Gasteiger partial charge on any atom is -0.327 e. The van der Waals surface area contributed by atoms with Gasteiger partial charge in [-0.05, 0) is 13.8 Å². The van der Waals surface area contributed by atoms with Gasteiger partial charge in [0.15, 0.2) is 0 Å². The van der Waals surface area contributed by atoms with Gasteiger partial charge in [-0.15, -0.1) is 10.3 Å². The third kappa shape index (κ3) is 2.43. The maximum atomic E-state index is 7.98. The molecule has 0 N–H and O–H groups in total. The molecule has 0 amide bonds. The molecule has 0 fully saturated rings. The lowest BCUT2D eigenvalue weighted by atomic mass is 10.6. The van der Waals surface area contributed by atoms with Crippen LogP contribution in [-0.2, 0) is 4.84 Å². The fraction of sp³-hybridized carbons (Fsp3) is 0.800. The molecular weight excluding hydrogens is 104 g/mol. The Morgan fingerprint density at radius 3 is 2.12 bits per heavy atom. The molecule has 0 aliphatic heterocycles. The molecule has 46 valence electrons. The fourth-order valence-corrected chi connectivity index (χ4v) is 0.410. The standard InChI is InChI=1S/C5H10N2O/c1-3-7(4-2)8-5-6/h3-4H2,1-2H3. The van der Waals surface area contributed by atoms with Gasteiger partial charge in [-0.3, -0.25) is 0 Å². The van der Waals surface area contributed by atoms with Crippen LogP contribution >= 0.6 is 0 Å². The minimum atomic E-state index is 0.754. The van der Waals surface area contributed by atoms with Gasteiger partial charge >= 0.3 is 6.26 Å². The van der Waals surface area contributed by atoms with E-state index in [0.717, 1.165) is 13.1 Å². The highest BCUT2D eigenvalue weighted by atomic mass is 16.7. The van der Waals surface area contributed by atoms with Crippen molar-refractivity contribution in [3.8, 4) is 6.26 Å². The van der Waals surface area contributed by atoms with E-state index in [2.05, 4.69) is 4.84 Å². The van der Waals surface area contributed by atoms with Crippen molar-refractivity contribution in [3.63, 3.8) is 0 Å². The first kappa shape index (κ1) is 7.25. The Labute approximate surface area is 49.4 Å². The molecular formula is C5H10N2O. The highest BCUT2D eigenvalue weighted by molar-refractivity contribution is 4.45. The Bertz CT molecular complexity index is 82.9. The summed E-state index contributed by atoms with van der Waals surface area (Å²) < 4.78 is 0. The van der Waals surface area contributed by atoms with Crippen molar-refractivity contribution < 1.29 is 4.84 Å². The zero-order chi connectivity index (χ0) is 6.41. The smallest absolute Gasteiger partial charge is 0.307 e. The lowest BCUT2D eigenvalue weighted by Crippen LogP contribution is -2.20. The first-order chi connectivity index (χ1) is 3.85. The Morgan fingerprint density at radius 2 is 2.00 bits per heavy atom. The number of rotatable bonds is 3. The quantitative estimate of drug-likeness (QED) is 0.401. The molecule has 0 aromatic rings. The molecule has 0 radical (unpaired) electrons. The van der Waals surface area contributed by atoms with Crippen LogP contribution in [0.5, 0.6) is 0 Å². The monoisotopic (exact) mass is 114 g/mol. The number of hydrogen-bond donors (Lipinski definition) is 0. The summed E-state index contributed by atoms with van der Waals surface area (Å²) in [6.07, 6.45) is 1.60. The molecule has 0 spiro atoms. The molecule has 0 unspecified atom stereocenters. The summed E-state index contributed by atoms with van der Waals surface area (Å²) in [5.41, 5.74) is 0. The Balaban J connectivity index is 3.25. The Morgan fingerprint density at radius 1 is 1.50 bits per heavy atom. The molecule has 0 aliphatic carbocycles. The van der Waals surface area contributed by atoms with Gasteiger partial charge in [0.2, 0.25) is 0 Å². The van der Waals surface area contributed by atoms with Crippen LogP contribution in [0, 0.1) is 11.5 Å². The van der Waals surface area contributed by atoms with Crippen LogP contribution in [0.3, 0.4) is 0 Å². The summed E-state index contributed by atoms with van der Waals surface area (Å²) in [4.78, 5) is 4.48. The third-order valence-electron chi connectivity index (χ3n) is 0.875. The second-order valence-corrected chi connectivity index (χ2v) is 1.30. The molecule has 0 heterocycles. The summed E-state index contributed by atoms with van der Waals surface area (Å²) in [5.74, 6) is 0. The van der Waals surface area contributed by atoms with E-state index in [0.29, 0.717) is 0 Å². The second kappa shape index (κ2) is 4.41. The molecule has 0 saturated heterocycles. The minimum absolute atomic E-state index is 0.754. The van der Waals surface area contributed by atoms with Gasteiger partial charge in [-0.2, -0.15) is 0 Å². The molecule has 0 rings (SSSR count). The lowest BCUT2D eigenvalue weighted by Gasteiger charge is -2.10. The van der Waals surface area contributed by atoms with Gasteiger partial charge in [0.1, 0.15) is 0 Å². The maximum Gasteiger partial charge on any atom is 0.307 e. The van der Waals surface area contributed by atoms with E-state index in [1.807, 2.05) is 13.8 Å². The van der Waals surface area contributed by atoms with Crippen LogP contribution in [0.4, 0.5) is 0 Å². The van der Waals surface area contributed by atoms with E-state index >= 15 is 0 Å². The normalized spacial score (nSPS) is 8.75. The molecule has 0 aromatic carbocycles. The average molecular weight is 114 g/mol. The number of nitriles is 1. The molecule has 3 heteroatoms.